The van der Waals surface area contributed by atoms with E-state index in [1.54, 1.807) is 0 Å². The Balaban J connectivity index is 2.35. The van der Waals surface area contributed by atoms with Crippen molar-refractivity contribution in [2.75, 3.05) is 5.32 Å². The molecule has 8 nitrogen and oxygen atoms in total. The van der Waals surface area contributed by atoms with Gasteiger partial charge in [-0.15, -0.1) is 0 Å². The molecule has 0 unspecified atom stereocenters. The van der Waals surface area contributed by atoms with Crippen molar-refractivity contribution in [3.63, 3.8) is 0 Å². The highest BCUT2D eigenvalue weighted by molar-refractivity contribution is 6.32. The molecule has 0 atom stereocenters. The Labute approximate surface area is 138 Å². The average Bonchev–Trinajstić information content (AvgIpc) is 2.48. The van der Waals surface area contributed by atoms with Crippen LogP contribution in [0.15, 0.2) is 36.4 Å². The Hall–Kier alpha value is -2.71. The van der Waals surface area contributed by atoms with Crippen molar-refractivity contribution in [3.05, 3.63) is 72.2 Å². The van der Waals surface area contributed by atoms with E-state index in [1.165, 1.54) is 24.3 Å². The smallest absolute Gasteiger partial charge is 0.289 e. The van der Waals surface area contributed by atoms with Gasteiger partial charge in [-0.25, -0.2) is 0 Å². The molecule has 0 fully saturated rings. The van der Waals surface area contributed by atoms with E-state index in [9.17, 15) is 25.0 Å². The summed E-state index contributed by atoms with van der Waals surface area (Å²) in [7, 11) is 0. The van der Waals surface area contributed by atoms with Gasteiger partial charge in [0, 0.05) is 22.8 Å². The van der Waals surface area contributed by atoms with E-state index in [1.807, 2.05) is 0 Å². The van der Waals surface area contributed by atoms with Gasteiger partial charge in [0.25, 0.3) is 17.3 Å². The molecule has 2 rings (SSSR count). The van der Waals surface area contributed by atoms with Gasteiger partial charge in [0.1, 0.15) is 10.6 Å². The lowest BCUT2D eigenvalue weighted by Gasteiger charge is -2.06. The molecule has 2 aromatic carbocycles. The third-order valence-electron chi connectivity index (χ3n) is 2.80. The van der Waals surface area contributed by atoms with Crippen molar-refractivity contribution in [3.8, 4) is 0 Å². The number of nitro groups is 2. The number of amides is 1. The van der Waals surface area contributed by atoms with Crippen molar-refractivity contribution in [2.45, 2.75) is 0 Å². The van der Waals surface area contributed by atoms with E-state index in [-0.39, 0.29) is 21.3 Å². The van der Waals surface area contributed by atoms with Crippen LogP contribution >= 0.6 is 23.2 Å². The normalized spacial score (nSPS) is 10.2. The molecule has 0 aliphatic carbocycles. The Morgan fingerprint density at radius 1 is 0.957 bits per heavy atom. The lowest BCUT2D eigenvalue weighted by Crippen LogP contribution is -2.14. The lowest BCUT2D eigenvalue weighted by atomic mass is 10.1. The minimum Gasteiger partial charge on any atom is -0.322 e. The van der Waals surface area contributed by atoms with Crippen molar-refractivity contribution < 1.29 is 14.6 Å². The van der Waals surface area contributed by atoms with Crippen molar-refractivity contribution >= 4 is 46.2 Å². The summed E-state index contributed by atoms with van der Waals surface area (Å²) in [6, 6.07) is 7.21. The molecule has 118 valence electrons. The Kier molecular flexibility index (Phi) is 4.77. The summed E-state index contributed by atoms with van der Waals surface area (Å²) in [6.45, 7) is 0. The summed E-state index contributed by atoms with van der Waals surface area (Å²) in [6.07, 6.45) is 0. The quantitative estimate of drug-likeness (QED) is 0.655. The molecule has 10 heteroatoms. The first-order valence-corrected chi connectivity index (χ1v) is 6.74. The molecular formula is C13H7Cl2N3O5. The zero-order valence-electron chi connectivity index (χ0n) is 11.2. The summed E-state index contributed by atoms with van der Waals surface area (Å²) >= 11 is 11.3. The summed E-state index contributed by atoms with van der Waals surface area (Å²) in [5, 5.41) is 24.2. The van der Waals surface area contributed by atoms with E-state index in [0.29, 0.717) is 0 Å². The second kappa shape index (κ2) is 6.59. The third kappa shape index (κ3) is 3.74. The molecule has 0 saturated carbocycles. The molecule has 1 N–H and O–H groups in total. The van der Waals surface area contributed by atoms with Gasteiger partial charge >= 0.3 is 0 Å². The first kappa shape index (κ1) is 16.7. The molecule has 0 aliphatic rings. The number of nitrogens with zero attached hydrogens (tertiary/aromatic N) is 2. The molecule has 0 spiro atoms. The van der Waals surface area contributed by atoms with Crippen molar-refractivity contribution in [1.82, 2.24) is 0 Å². The molecule has 0 aromatic heterocycles. The minimum atomic E-state index is -0.801. The van der Waals surface area contributed by atoms with Gasteiger partial charge < -0.3 is 5.32 Å². The van der Waals surface area contributed by atoms with Crippen LogP contribution in [-0.2, 0) is 0 Å². The van der Waals surface area contributed by atoms with Gasteiger partial charge in [-0.05, 0) is 24.3 Å². The van der Waals surface area contributed by atoms with Gasteiger partial charge in [0.2, 0.25) is 0 Å². The predicted molar refractivity (Wildman–Crippen MR) is 84.2 cm³/mol. The second-order valence-corrected chi connectivity index (χ2v) is 5.14. The monoisotopic (exact) mass is 355 g/mol. The number of anilines is 1. The number of halogens is 2. The van der Waals surface area contributed by atoms with Gasteiger partial charge in [-0.2, -0.15) is 0 Å². The van der Waals surface area contributed by atoms with Crippen LogP contribution in [-0.4, -0.2) is 15.8 Å². The maximum atomic E-state index is 12.2. The fraction of sp³-hybridized carbons (Fsp3) is 0. The molecule has 0 saturated heterocycles. The highest BCUT2D eigenvalue weighted by atomic mass is 35.5. The molecule has 0 bridgehead atoms. The number of benzene rings is 2. The first-order chi connectivity index (χ1) is 10.8. The third-order valence-corrected chi connectivity index (χ3v) is 3.36. The Bertz CT molecular complexity index is 825. The van der Waals surface area contributed by atoms with E-state index in [2.05, 4.69) is 5.32 Å². The second-order valence-electron chi connectivity index (χ2n) is 4.30. The Morgan fingerprint density at radius 3 is 2.22 bits per heavy atom. The fourth-order valence-electron chi connectivity index (χ4n) is 1.78. The molecule has 23 heavy (non-hydrogen) atoms. The number of hydrogen-bond donors (Lipinski definition) is 1. The molecule has 1 amide bonds. The van der Waals surface area contributed by atoms with Crippen LogP contribution < -0.4 is 5.32 Å². The molecule has 0 heterocycles. The topological polar surface area (TPSA) is 115 Å². The van der Waals surface area contributed by atoms with Crippen molar-refractivity contribution in [2.24, 2.45) is 0 Å². The standard InChI is InChI=1S/C13H7Cl2N3O5/c14-7-1-3-9(11(5-7)17(20)21)13(19)16-8-2-4-10(15)12(6-8)18(22)23/h1-6H,(H,16,19). The molecular weight excluding hydrogens is 349 g/mol. The van der Waals surface area contributed by atoms with E-state index in [0.717, 1.165) is 12.1 Å². The van der Waals surface area contributed by atoms with Crippen LogP contribution in [0.4, 0.5) is 17.1 Å². The number of nitrogens with one attached hydrogen (secondary N) is 1. The summed E-state index contributed by atoms with van der Waals surface area (Å²) in [5.41, 5.74) is -1.01. The number of hydrogen-bond acceptors (Lipinski definition) is 5. The first-order valence-electron chi connectivity index (χ1n) is 5.99. The minimum absolute atomic E-state index is 0.0790. The van der Waals surface area contributed by atoms with Crippen LogP contribution in [0.3, 0.4) is 0 Å². The van der Waals surface area contributed by atoms with Crippen LogP contribution in [0.25, 0.3) is 0 Å². The van der Waals surface area contributed by atoms with E-state index in [4.69, 9.17) is 23.2 Å². The maximum absolute atomic E-state index is 12.2. The predicted octanol–water partition coefficient (Wildman–Crippen LogP) is 4.06. The number of nitro benzene ring substituents is 2. The number of carbonyl (C=O) groups excluding carboxylic acids is 1. The van der Waals surface area contributed by atoms with Gasteiger partial charge in [0.15, 0.2) is 0 Å². The zero-order valence-corrected chi connectivity index (χ0v) is 12.7. The molecule has 0 radical (unpaired) electrons. The van der Waals surface area contributed by atoms with Crippen LogP contribution in [0.1, 0.15) is 10.4 Å². The SMILES string of the molecule is O=C(Nc1ccc(Cl)c([N+](=O)[O-])c1)c1ccc(Cl)cc1[N+](=O)[O-]. The van der Waals surface area contributed by atoms with Gasteiger partial charge in [-0.1, -0.05) is 23.2 Å². The molecule has 0 aliphatic heterocycles. The van der Waals surface area contributed by atoms with Gasteiger partial charge in [0.05, 0.1) is 9.85 Å². The van der Waals surface area contributed by atoms with Crippen LogP contribution in [0, 0.1) is 20.2 Å². The largest absolute Gasteiger partial charge is 0.322 e. The Morgan fingerprint density at radius 2 is 1.61 bits per heavy atom. The number of rotatable bonds is 4. The fourth-order valence-corrected chi connectivity index (χ4v) is 2.13. The number of carbonyl (C=O) groups is 1. The lowest BCUT2D eigenvalue weighted by molar-refractivity contribution is -0.385. The molecule has 2 aromatic rings. The average molecular weight is 356 g/mol. The summed E-state index contributed by atoms with van der Waals surface area (Å²) in [4.78, 5) is 32.5. The van der Waals surface area contributed by atoms with Crippen LogP contribution in [0.2, 0.25) is 10.0 Å². The highest BCUT2D eigenvalue weighted by Crippen LogP contribution is 2.29. The maximum Gasteiger partial charge on any atom is 0.289 e. The zero-order chi connectivity index (χ0) is 17.1. The summed E-state index contributed by atoms with van der Waals surface area (Å²) < 4.78 is 0. The highest BCUT2D eigenvalue weighted by Gasteiger charge is 2.21. The van der Waals surface area contributed by atoms with E-state index < -0.39 is 27.1 Å². The van der Waals surface area contributed by atoms with Gasteiger partial charge in [-0.3, -0.25) is 25.0 Å². The van der Waals surface area contributed by atoms with Crippen molar-refractivity contribution in [1.29, 1.82) is 0 Å². The summed E-state index contributed by atoms with van der Waals surface area (Å²) in [5.74, 6) is -0.801. The van der Waals surface area contributed by atoms with E-state index >= 15 is 0 Å². The van der Waals surface area contributed by atoms with Crippen LogP contribution in [0.5, 0.6) is 0 Å².